The Morgan fingerprint density at radius 2 is 2.00 bits per heavy atom. The summed E-state index contributed by atoms with van der Waals surface area (Å²) in [5.41, 5.74) is 0.914. The summed E-state index contributed by atoms with van der Waals surface area (Å²) in [5, 5.41) is 0.490. The molecule has 1 saturated heterocycles. The van der Waals surface area contributed by atoms with E-state index >= 15 is 0 Å². The first-order chi connectivity index (χ1) is 11.8. The van der Waals surface area contributed by atoms with Crippen LogP contribution in [0.1, 0.15) is 26.7 Å². The van der Waals surface area contributed by atoms with Crippen LogP contribution in [0.5, 0.6) is 0 Å². The lowest BCUT2D eigenvalue weighted by atomic mass is 9.98. The smallest absolute Gasteiger partial charge is 0.243 e. The third-order valence-corrected chi connectivity index (χ3v) is 6.47. The average Bonchev–Trinajstić information content (AvgIpc) is 2.59. The molecule has 1 amide bonds. The van der Waals surface area contributed by atoms with Gasteiger partial charge in [0.15, 0.2) is 0 Å². The summed E-state index contributed by atoms with van der Waals surface area (Å²) in [6, 6.07) is 6.13. The molecule has 0 spiro atoms. The largest absolute Gasteiger partial charge is 0.339 e. The van der Waals surface area contributed by atoms with Crippen molar-refractivity contribution in [3.63, 3.8) is 0 Å². The van der Waals surface area contributed by atoms with E-state index in [1.165, 1.54) is 16.4 Å². The van der Waals surface area contributed by atoms with Gasteiger partial charge in [0.05, 0.1) is 10.8 Å². The van der Waals surface area contributed by atoms with Crippen LogP contribution in [-0.4, -0.2) is 49.7 Å². The molecule has 138 valence electrons. The van der Waals surface area contributed by atoms with E-state index in [1.54, 1.807) is 17.0 Å². The monoisotopic (exact) mass is 384 g/mol. The van der Waals surface area contributed by atoms with E-state index in [2.05, 4.69) is 6.58 Å². The van der Waals surface area contributed by atoms with Crippen molar-refractivity contribution in [2.75, 3.05) is 26.2 Å². The molecule has 5 nitrogen and oxygen atoms in total. The fraction of sp³-hybridized carbons (Fsp3) is 0.500. The number of carbonyl (C=O) groups is 1. The van der Waals surface area contributed by atoms with Crippen molar-refractivity contribution in [3.05, 3.63) is 41.4 Å². The SMILES string of the molecule is C=C(C)CN(CC)C(=O)C1CCCN(S(=O)(=O)c2ccc(Cl)cc2)C1. The Kier molecular flexibility index (Phi) is 6.65. The minimum atomic E-state index is -3.61. The molecule has 25 heavy (non-hydrogen) atoms. The molecule has 1 fully saturated rings. The van der Waals surface area contributed by atoms with E-state index in [0.717, 1.165) is 5.57 Å². The molecular formula is C18H25ClN2O3S. The average molecular weight is 385 g/mol. The van der Waals surface area contributed by atoms with Gasteiger partial charge in [0.2, 0.25) is 15.9 Å². The van der Waals surface area contributed by atoms with Crippen molar-refractivity contribution in [2.24, 2.45) is 5.92 Å². The first-order valence-corrected chi connectivity index (χ1v) is 10.3. The van der Waals surface area contributed by atoms with Gasteiger partial charge in [0.1, 0.15) is 0 Å². The number of sulfonamides is 1. The van der Waals surface area contributed by atoms with Crippen molar-refractivity contribution in [2.45, 2.75) is 31.6 Å². The highest BCUT2D eigenvalue weighted by molar-refractivity contribution is 7.89. The Hall–Kier alpha value is -1.37. The summed E-state index contributed by atoms with van der Waals surface area (Å²) in [4.78, 5) is 14.7. The van der Waals surface area contributed by atoms with Crippen LogP contribution < -0.4 is 0 Å². The number of carbonyl (C=O) groups excluding carboxylic acids is 1. The molecule has 1 aliphatic heterocycles. The van der Waals surface area contributed by atoms with Gasteiger partial charge in [-0.15, -0.1) is 0 Å². The van der Waals surface area contributed by atoms with Gasteiger partial charge >= 0.3 is 0 Å². The second-order valence-corrected chi connectivity index (χ2v) is 8.84. The summed E-state index contributed by atoms with van der Waals surface area (Å²) in [6.45, 7) is 9.42. The van der Waals surface area contributed by atoms with E-state index in [9.17, 15) is 13.2 Å². The topological polar surface area (TPSA) is 57.7 Å². The van der Waals surface area contributed by atoms with Crippen LogP contribution in [0, 0.1) is 5.92 Å². The summed E-state index contributed by atoms with van der Waals surface area (Å²) in [7, 11) is -3.61. The highest BCUT2D eigenvalue weighted by Gasteiger charge is 2.34. The molecular weight excluding hydrogens is 360 g/mol. The molecule has 0 aromatic heterocycles. The number of rotatable bonds is 6. The van der Waals surface area contributed by atoms with Gasteiger partial charge in [0, 0.05) is 31.2 Å². The van der Waals surface area contributed by atoms with Crippen molar-refractivity contribution >= 4 is 27.5 Å². The molecule has 2 rings (SSSR count). The first kappa shape index (κ1) is 19.9. The number of piperidine rings is 1. The van der Waals surface area contributed by atoms with Gasteiger partial charge < -0.3 is 4.90 Å². The van der Waals surface area contributed by atoms with Crippen molar-refractivity contribution in [1.82, 2.24) is 9.21 Å². The maximum absolute atomic E-state index is 12.8. The Labute approximate surface area is 155 Å². The molecule has 7 heteroatoms. The second kappa shape index (κ2) is 8.34. The standard InChI is InChI=1S/C18H25ClN2O3S/c1-4-20(12-14(2)3)18(22)15-6-5-11-21(13-15)25(23,24)17-9-7-16(19)8-10-17/h7-10,15H,2,4-6,11-13H2,1,3H3. The number of amides is 1. The Bertz CT molecular complexity index is 731. The van der Waals surface area contributed by atoms with Crippen molar-refractivity contribution < 1.29 is 13.2 Å². The maximum Gasteiger partial charge on any atom is 0.243 e. The van der Waals surface area contributed by atoms with E-state index in [0.29, 0.717) is 37.5 Å². The van der Waals surface area contributed by atoms with E-state index in [-0.39, 0.29) is 23.3 Å². The molecule has 1 atom stereocenters. The molecule has 0 bridgehead atoms. The summed E-state index contributed by atoms with van der Waals surface area (Å²) in [6.07, 6.45) is 1.38. The summed E-state index contributed by atoms with van der Waals surface area (Å²) >= 11 is 5.84. The number of hydrogen-bond donors (Lipinski definition) is 0. The van der Waals surface area contributed by atoms with E-state index in [1.807, 2.05) is 13.8 Å². The van der Waals surface area contributed by atoms with E-state index < -0.39 is 10.0 Å². The Balaban J connectivity index is 2.15. The molecule has 1 aromatic carbocycles. The van der Waals surface area contributed by atoms with Crippen LogP contribution in [0.25, 0.3) is 0 Å². The lowest BCUT2D eigenvalue weighted by Gasteiger charge is -2.34. The van der Waals surface area contributed by atoms with Crippen molar-refractivity contribution in [1.29, 1.82) is 0 Å². The molecule has 1 aromatic rings. The van der Waals surface area contributed by atoms with Gasteiger partial charge in [-0.2, -0.15) is 4.31 Å². The van der Waals surface area contributed by atoms with Gasteiger partial charge in [-0.1, -0.05) is 23.8 Å². The zero-order valence-corrected chi connectivity index (χ0v) is 16.3. The zero-order valence-electron chi connectivity index (χ0n) is 14.7. The lowest BCUT2D eigenvalue weighted by Crippen LogP contribution is -2.47. The quantitative estimate of drug-likeness (QED) is 0.708. The molecule has 1 heterocycles. The number of benzene rings is 1. The van der Waals surface area contributed by atoms with Gasteiger partial charge in [0.25, 0.3) is 0 Å². The normalized spacial score (nSPS) is 18.8. The summed E-state index contributed by atoms with van der Waals surface area (Å²) < 4.78 is 27.1. The zero-order chi connectivity index (χ0) is 18.6. The Morgan fingerprint density at radius 3 is 2.56 bits per heavy atom. The first-order valence-electron chi connectivity index (χ1n) is 8.44. The van der Waals surface area contributed by atoms with Crippen LogP contribution in [-0.2, 0) is 14.8 Å². The second-order valence-electron chi connectivity index (χ2n) is 6.47. The number of halogens is 1. The number of nitrogens with zero attached hydrogens (tertiary/aromatic N) is 2. The molecule has 0 N–H and O–H groups in total. The highest BCUT2D eigenvalue weighted by atomic mass is 35.5. The predicted octanol–water partition coefficient (Wildman–Crippen LogP) is 3.17. The van der Waals surface area contributed by atoms with Crippen LogP contribution in [0.2, 0.25) is 5.02 Å². The maximum atomic E-state index is 12.8. The van der Waals surface area contributed by atoms with Crippen LogP contribution in [0.4, 0.5) is 0 Å². The fourth-order valence-corrected chi connectivity index (χ4v) is 4.70. The predicted molar refractivity (Wildman–Crippen MR) is 100 cm³/mol. The Morgan fingerprint density at radius 1 is 1.36 bits per heavy atom. The molecule has 1 aliphatic rings. The van der Waals surface area contributed by atoms with Crippen LogP contribution in [0.3, 0.4) is 0 Å². The van der Waals surface area contributed by atoms with Gasteiger partial charge in [-0.3, -0.25) is 4.79 Å². The van der Waals surface area contributed by atoms with E-state index in [4.69, 9.17) is 11.6 Å². The molecule has 1 unspecified atom stereocenters. The third kappa shape index (κ3) is 4.84. The van der Waals surface area contributed by atoms with Gasteiger partial charge in [-0.05, 0) is 51.0 Å². The third-order valence-electron chi connectivity index (χ3n) is 4.34. The number of hydrogen-bond acceptors (Lipinski definition) is 3. The van der Waals surface area contributed by atoms with Crippen LogP contribution in [0.15, 0.2) is 41.3 Å². The highest BCUT2D eigenvalue weighted by Crippen LogP contribution is 2.26. The van der Waals surface area contributed by atoms with Gasteiger partial charge in [-0.25, -0.2) is 8.42 Å². The summed E-state index contributed by atoms with van der Waals surface area (Å²) in [5.74, 6) is -0.309. The van der Waals surface area contributed by atoms with Crippen molar-refractivity contribution in [3.8, 4) is 0 Å². The number of likely N-dealkylation sites (N-methyl/N-ethyl adjacent to an activating group) is 1. The minimum absolute atomic E-state index is 0.00139. The minimum Gasteiger partial charge on any atom is -0.339 e. The lowest BCUT2D eigenvalue weighted by molar-refractivity contribution is -0.136. The van der Waals surface area contributed by atoms with Crippen LogP contribution >= 0.6 is 11.6 Å². The fourth-order valence-electron chi connectivity index (χ4n) is 3.05. The molecule has 0 saturated carbocycles. The molecule has 0 aliphatic carbocycles. The molecule has 0 radical (unpaired) electrons.